The number of hydrogen-bond acceptors (Lipinski definition) is 5. The molecule has 1 heterocycles. The van der Waals surface area contributed by atoms with E-state index in [1.165, 1.54) is 12.8 Å². The molecule has 5 nitrogen and oxygen atoms in total. The molecule has 0 saturated heterocycles. The minimum atomic E-state index is 0.457. The van der Waals surface area contributed by atoms with Crippen molar-refractivity contribution < 1.29 is 9.26 Å². The van der Waals surface area contributed by atoms with Gasteiger partial charge < -0.3 is 14.6 Å². The standard InChI is InChI=1S/C14H25N3O2/c1-3-15-12-8-6-11(7-9-12)14-16-13(17-19-14)5-4-10-18-2/h11-12,15H,3-10H2,1-2H3. The quantitative estimate of drug-likeness (QED) is 0.768. The van der Waals surface area contributed by atoms with Crippen molar-refractivity contribution in [3.05, 3.63) is 11.7 Å². The van der Waals surface area contributed by atoms with E-state index < -0.39 is 0 Å². The normalized spacial score (nSPS) is 23.7. The molecule has 1 aliphatic carbocycles. The highest BCUT2D eigenvalue weighted by Gasteiger charge is 2.25. The van der Waals surface area contributed by atoms with Crippen LogP contribution in [-0.2, 0) is 11.2 Å². The lowest BCUT2D eigenvalue weighted by molar-refractivity contribution is 0.194. The minimum Gasteiger partial charge on any atom is -0.385 e. The van der Waals surface area contributed by atoms with E-state index in [4.69, 9.17) is 9.26 Å². The van der Waals surface area contributed by atoms with Crippen LogP contribution in [0.25, 0.3) is 0 Å². The summed E-state index contributed by atoms with van der Waals surface area (Å²) in [6, 6.07) is 0.672. The fourth-order valence-corrected chi connectivity index (χ4v) is 2.74. The van der Waals surface area contributed by atoms with Gasteiger partial charge in [-0.05, 0) is 38.6 Å². The van der Waals surface area contributed by atoms with Gasteiger partial charge in [-0.2, -0.15) is 4.98 Å². The summed E-state index contributed by atoms with van der Waals surface area (Å²) >= 11 is 0. The zero-order chi connectivity index (χ0) is 13.5. The summed E-state index contributed by atoms with van der Waals surface area (Å²) in [5.74, 6) is 2.11. The van der Waals surface area contributed by atoms with Crippen molar-refractivity contribution in [1.29, 1.82) is 0 Å². The van der Waals surface area contributed by atoms with Gasteiger partial charge in [0.2, 0.25) is 5.89 Å². The number of ether oxygens (including phenoxy) is 1. The van der Waals surface area contributed by atoms with Crippen molar-refractivity contribution in [3.63, 3.8) is 0 Å². The molecule has 108 valence electrons. The molecule has 2 rings (SSSR count). The predicted molar refractivity (Wildman–Crippen MR) is 73.2 cm³/mol. The van der Waals surface area contributed by atoms with E-state index in [-0.39, 0.29) is 0 Å². The third-order valence-corrected chi connectivity index (χ3v) is 3.80. The lowest BCUT2D eigenvalue weighted by atomic mass is 9.86. The molecule has 19 heavy (non-hydrogen) atoms. The van der Waals surface area contributed by atoms with Gasteiger partial charge in [0, 0.05) is 32.1 Å². The summed E-state index contributed by atoms with van der Waals surface area (Å²) in [5.41, 5.74) is 0. The molecule has 0 spiro atoms. The molecule has 1 aromatic rings. The zero-order valence-corrected chi connectivity index (χ0v) is 12.0. The van der Waals surface area contributed by atoms with Gasteiger partial charge in [0.15, 0.2) is 5.82 Å². The highest BCUT2D eigenvalue weighted by Crippen LogP contribution is 2.31. The van der Waals surface area contributed by atoms with Gasteiger partial charge in [0.25, 0.3) is 0 Å². The largest absolute Gasteiger partial charge is 0.385 e. The highest BCUT2D eigenvalue weighted by molar-refractivity contribution is 4.97. The summed E-state index contributed by atoms with van der Waals surface area (Å²) in [4.78, 5) is 4.52. The van der Waals surface area contributed by atoms with E-state index >= 15 is 0 Å². The topological polar surface area (TPSA) is 60.2 Å². The summed E-state index contributed by atoms with van der Waals surface area (Å²) in [6.45, 7) is 3.97. The second kappa shape index (κ2) is 7.60. The Kier molecular flexibility index (Phi) is 5.79. The fraction of sp³-hybridized carbons (Fsp3) is 0.857. The molecular weight excluding hydrogens is 242 g/mol. The Balaban J connectivity index is 1.79. The Morgan fingerprint density at radius 3 is 2.79 bits per heavy atom. The second-order valence-electron chi connectivity index (χ2n) is 5.25. The van der Waals surface area contributed by atoms with E-state index in [1.807, 2.05) is 0 Å². The van der Waals surface area contributed by atoms with Crippen LogP contribution in [0.2, 0.25) is 0 Å². The Hall–Kier alpha value is -0.940. The molecule has 1 aromatic heterocycles. The highest BCUT2D eigenvalue weighted by atomic mass is 16.5. The van der Waals surface area contributed by atoms with Gasteiger partial charge in [-0.3, -0.25) is 0 Å². The lowest BCUT2D eigenvalue weighted by Crippen LogP contribution is -2.32. The van der Waals surface area contributed by atoms with E-state index in [0.717, 1.165) is 50.6 Å². The summed E-state index contributed by atoms with van der Waals surface area (Å²) in [6.07, 6.45) is 6.50. The van der Waals surface area contributed by atoms with Crippen LogP contribution < -0.4 is 5.32 Å². The summed E-state index contributed by atoms with van der Waals surface area (Å²) in [5, 5.41) is 7.58. The van der Waals surface area contributed by atoms with Crippen molar-refractivity contribution in [2.24, 2.45) is 0 Å². The van der Waals surface area contributed by atoms with Gasteiger partial charge in [-0.25, -0.2) is 0 Å². The first kappa shape index (κ1) is 14.5. The second-order valence-corrected chi connectivity index (χ2v) is 5.25. The van der Waals surface area contributed by atoms with Crippen LogP contribution in [0.3, 0.4) is 0 Å². The maximum Gasteiger partial charge on any atom is 0.229 e. The third-order valence-electron chi connectivity index (χ3n) is 3.80. The third kappa shape index (κ3) is 4.28. The molecule has 1 saturated carbocycles. The van der Waals surface area contributed by atoms with Crippen molar-refractivity contribution in [2.45, 2.75) is 57.4 Å². The fourth-order valence-electron chi connectivity index (χ4n) is 2.74. The molecule has 1 aliphatic rings. The van der Waals surface area contributed by atoms with E-state index in [9.17, 15) is 0 Å². The van der Waals surface area contributed by atoms with Crippen molar-refractivity contribution in [3.8, 4) is 0 Å². The van der Waals surface area contributed by atoms with Gasteiger partial charge in [0.05, 0.1) is 0 Å². The smallest absolute Gasteiger partial charge is 0.229 e. The maximum atomic E-state index is 5.41. The number of aromatic nitrogens is 2. The van der Waals surface area contributed by atoms with Crippen LogP contribution in [0.4, 0.5) is 0 Å². The average Bonchev–Trinajstić information content (AvgIpc) is 2.89. The predicted octanol–water partition coefficient (Wildman–Crippen LogP) is 2.28. The van der Waals surface area contributed by atoms with E-state index in [1.54, 1.807) is 7.11 Å². The molecule has 0 aromatic carbocycles. The van der Waals surface area contributed by atoms with E-state index in [2.05, 4.69) is 22.4 Å². The van der Waals surface area contributed by atoms with Crippen molar-refractivity contribution in [1.82, 2.24) is 15.5 Å². The molecule has 0 radical (unpaired) electrons. The number of hydrogen-bond donors (Lipinski definition) is 1. The summed E-state index contributed by atoms with van der Waals surface area (Å²) < 4.78 is 10.4. The molecule has 0 amide bonds. The first-order valence-corrected chi connectivity index (χ1v) is 7.38. The first-order chi connectivity index (χ1) is 9.33. The van der Waals surface area contributed by atoms with Crippen molar-refractivity contribution >= 4 is 0 Å². The molecule has 0 unspecified atom stereocenters. The molecule has 5 heteroatoms. The van der Waals surface area contributed by atoms with Crippen LogP contribution in [0.5, 0.6) is 0 Å². The Labute approximate surface area is 115 Å². The first-order valence-electron chi connectivity index (χ1n) is 7.38. The minimum absolute atomic E-state index is 0.457. The summed E-state index contributed by atoms with van der Waals surface area (Å²) in [7, 11) is 1.71. The Morgan fingerprint density at radius 1 is 1.32 bits per heavy atom. The number of nitrogens with zero attached hydrogens (tertiary/aromatic N) is 2. The number of nitrogens with one attached hydrogen (secondary N) is 1. The number of rotatable bonds is 7. The van der Waals surface area contributed by atoms with Gasteiger partial charge in [-0.1, -0.05) is 12.1 Å². The Morgan fingerprint density at radius 2 is 2.11 bits per heavy atom. The van der Waals surface area contributed by atoms with Crippen LogP contribution in [0.1, 0.15) is 56.7 Å². The van der Waals surface area contributed by atoms with Crippen LogP contribution in [-0.4, -0.2) is 36.4 Å². The van der Waals surface area contributed by atoms with E-state index in [0.29, 0.717) is 12.0 Å². The molecule has 0 atom stereocenters. The maximum absolute atomic E-state index is 5.41. The number of aryl methyl sites for hydroxylation is 1. The molecular formula is C14H25N3O2. The SMILES string of the molecule is CCNC1CCC(c2nc(CCCOC)no2)CC1. The molecule has 1 fully saturated rings. The van der Waals surface area contributed by atoms with Gasteiger partial charge in [0.1, 0.15) is 0 Å². The molecule has 1 N–H and O–H groups in total. The Bertz CT molecular complexity index is 359. The monoisotopic (exact) mass is 267 g/mol. The van der Waals surface area contributed by atoms with Gasteiger partial charge in [-0.15, -0.1) is 0 Å². The molecule has 0 bridgehead atoms. The van der Waals surface area contributed by atoms with Crippen molar-refractivity contribution in [2.75, 3.05) is 20.3 Å². The van der Waals surface area contributed by atoms with Crippen LogP contribution in [0, 0.1) is 0 Å². The zero-order valence-electron chi connectivity index (χ0n) is 12.0. The molecule has 0 aliphatic heterocycles. The van der Waals surface area contributed by atoms with Gasteiger partial charge >= 0.3 is 0 Å². The van der Waals surface area contributed by atoms with Crippen LogP contribution in [0.15, 0.2) is 4.52 Å². The number of methoxy groups -OCH3 is 1. The van der Waals surface area contributed by atoms with Crippen LogP contribution >= 0.6 is 0 Å². The lowest BCUT2D eigenvalue weighted by Gasteiger charge is -2.26. The average molecular weight is 267 g/mol.